The van der Waals surface area contributed by atoms with Crippen LogP contribution in [0.2, 0.25) is 0 Å². The van der Waals surface area contributed by atoms with Crippen LogP contribution in [-0.4, -0.2) is 17.4 Å². The van der Waals surface area contributed by atoms with E-state index in [0.717, 1.165) is 26.9 Å². The van der Waals surface area contributed by atoms with E-state index in [1.54, 1.807) is 30.0 Å². The molecule has 23 heavy (non-hydrogen) atoms. The molecule has 0 amide bonds. The first-order valence-corrected chi connectivity index (χ1v) is 9.22. The first kappa shape index (κ1) is 16.0. The van der Waals surface area contributed by atoms with Crippen molar-refractivity contribution in [2.75, 3.05) is 6.61 Å². The Labute approximate surface area is 143 Å². The quantitative estimate of drug-likeness (QED) is 0.456. The maximum atomic E-state index is 11.6. The summed E-state index contributed by atoms with van der Waals surface area (Å²) in [4.78, 5) is 16.2. The number of carbonyl (C=O) groups excluding carboxylic acids is 1. The maximum absolute atomic E-state index is 11.6. The van der Waals surface area contributed by atoms with Gasteiger partial charge in [0.2, 0.25) is 0 Å². The summed E-state index contributed by atoms with van der Waals surface area (Å²) in [6, 6.07) is 13.8. The number of nitrogens with zero attached hydrogens (tertiary/aromatic N) is 1. The van der Waals surface area contributed by atoms with Crippen molar-refractivity contribution >= 4 is 39.1 Å². The fourth-order valence-electron chi connectivity index (χ4n) is 2.26. The van der Waals surface area contributed by atoms with Crippen molar-refractivity contribution in [1.29, 1.82) is 0 Å². The number of para-hydroxylation sites is 1. The van der Waals surface area contributed by atoms with Gasteiger partial charge in [-0.1, -0.05) is 23.9 Å². The second kappa shape index (κ2) is 7.15. The molecule has 0 saturated heterocycles. The van der Waals surface area contributed by atoms with Gasteiger partial charge in [-0.2, -0.15) is 0 Å². The van der Waals surface area contributed by atoms with Gasteiger partial charge in [-0.05, 0) is 44.2 Å². The van der Waals surface area contributed by atoms with Gasteiger partial charge >= 0.3 is 0 Å². The number of thiazole rings is 1. The van der Waals surface area contributed by atoms with Crippen LogP contribution in [0, 0.1) is 0 Å². The molecule has 0 saturated carbocycles. The molecule has 3 nitrogen and oxygen atoms in total. The number of rotatable bonds is 6. The minimum absolute atomic E-state index is 0.0688. The summed E-state index contributed by atoms with van der Waals surface area (Å²) in [5.74, 6) is 1.64. The smallest absolute Gasteiger partial charge is 0.159 e. The Balaban J connectivity index is 1.82. The molecular weight excluding hydrogens is 326 g/mol. The number of hydrogen-bond acceptors (Lipinski definition) is 5. The molecule has 1 heterocycles. The van der Waals surface area contributed by atoms with Crippen LogP contribution in [0.1, 0.15) is 29.8 Å². The van der Waals surface area contributed by atoms with Crippen molar-refractivity contribution in [3.63, 3.8) is 0 Å². The van der Waals surface area contributed by atoms with E-state index in [0.29, 0.717) is 12.2 Å². The first-order valence-electron chi connectivity index (χ1n) is 7.42. The molecule has 0 aliphatic rings. The van der Waals surface area contributed by atoms with Crippen LogP contribution in [-0.2, 0) is 5.75 Å². The molecule has 3 aromatic rings. The summed E-state index contributed by atoms with van der Waals surface area (Å²) in [5.41, 5.74) is 2.78. The minimum Gasteiger partial charge on any atom is -0.494 e. The van der Waals surface area contributed by atoms with E-state index in [1.807, 2.05) is 43.3 Å². The largest absolute Gasteiger partial charge is 0.494 e. The number of Topliss-reactive ketones (excluding diaryl/α,β-unsaturated/α-hetero) is 1. The number of carbonyl (C=O) groups is 1. The Morgan fingerprint density at radius 2 is 2.09 bits per heavy atom. The molecule has 0 radical (unpaired) electrons. The molecular formula is C18H17NO2S2. The molecule has 5 heteroatoms. The summed E-state index contributed by atoms with van der Waals surface area (Å²) >= 11 is 3.37. The highest BCUT2D eigenvalue weighted by Gasteiger charge is 2.10. The molecule has 0 aliphatic heterocycles. The molecule has 0 fully saturated rings. The lowest BCUT2D eigenvalue weighted by Crippen LogP contribution is -1.99. The first-order chi connectivity index (χ1) is 11.2. The van der Waals surface area contributed by atoms with Crippen LogP contribution in [0.3, 0.4) is 0 Å². The van der Waals surface area contributed by atoms with Gasteiger partial charge in [-0.15, -0.1) is 11.3 Å². The van der Waals surface area contributed by atoms with Crippen molar-refractivity contribution in [3.8, 4) is 5.75 Å². The zero-order chi connectivity index (χ0) is 16.2. The van der Waals surface area contributed by atoms with E-state index in [9.17, 15) is 4.79 Å². The summed E-state index contributed by atoms with van der Waals surface area (Å²) in [5, 5.41) is 0. The summed E-state index contributed by atoms with van der Waals surface area (Å²) in [6.45, 7) is 4.15. The lowest BCUT2D eigenvalue weighted by molar-refractivity contribution is 0.101. The van der Waals surface area contributed by atoms with Gasteiger partial charge in [-0.3, -0.25) is 4.79 Å². The van der Waals surface area contributed by atoms with E-state index < -0.39 is 0 Å². The Kier molecular flexibility index (Phi) is 4.98. The van der Waals surface area contributed by atoms with Gasteiger partial charge < -0.3 is 4.74 Å². The van der Waals surface area contributed by atoms with E-state index in [4.69, 9.17) is 4.74 Å². The highest BCUT2D eigenvalue weighted by atomic mass is 32.2. The van der Waals surface area contributed by atoms with Crippen LogP contribution < -0.4 is 4.74 Å². The zero-order valence-corrected chi connectivity index (χ0v) is 14.7. The highest BCUT2D eigenvalue weighted by Crippen LogP contribution is 2.33. The lowest BCUT2D eigenvalue weighted by atomic mass is 10.1. The molecule has 0 atom stereocenters. The van der Waals surface area contributed by atoms with E-state index in [-0.39, 0.29) is 5.78 Å². The van der Waals surface area contributed by atoms with Gasteiger partial charge in [0.05, 0.1) is 16.8 Å². The zero-order valence-electron chi connectivity index (χ0n) is 13.0. The lowest BCUT2D eigenvalue weighted by Gasteiger charge is -2.10. The van der Waals surface area contributed by atoms with Gasteiger partial charge in [-0.25, -0.2) is 4.98 Å². The van der Waals surface area contributed by atoms with Crippen molar-refractivity contribution < 1.29 is 9.53 Å². The Morgan fingerprint density at radius 3 is 2.83 bits per heavy atom. The second-order valence-corrected chi connectivity index (χ2v) is 7.30. The molecule has 0 spiro atoms. The van der Waals surface area contributed by atoms with E-state index in [2.05, 4.69) is 11.1 Å². The molecule has 0 aliphatic carbocycles. The minimum atomic E-state index is 0.0688. The third-order valence-corrected chi connectivity index (χ3v) is 5.62. The summed E-state index contributed by atoms with van der Waals surface area (Å²) < 4.78 is 7.90. The van der Waals surface area contributed by atoms with Crippen LogP contribution in [0.4, 0.5) is 0 Å². The Hall–Kier alpha value is -1.85. The normalized spacial score (nSPS) is 10.9. The average Bonchev–Trinajstić information content (AvgIpc) is 2.97. The van der Waals surface area contributed by atoms with Gasteiger partial charge in [0.1, 0.15) is 5.75 Å². The van der Waals surface area contributed by atoms with Crippen LogP contribution in [0.25, 0.3) is 10.2 Å². The molecule has 0 N–H and O–H groups in total. The third kappa shape index (κ3) is 3.74. The van der Waals surface area contributed by atoms with Crippen LogP contribution in [0.15, 0.2) is 46.8 Å². The Morgan fingerprint density at radius 1 is 1.26 bits per heavy atom. The average molecular weight is 343 g/mol. The fraction of sp³-hybridized carbons (Fsp3) is 0.222. The number of fused-ring (bicyclic) bond motifs is 1. The topological polar surface area (TPSA) is 39.2 Å². The maximum Gasteiger partial charge on any atom is 0.159 e. The molecule has 3 rings (SSSR count). The predicted octanol–water partition coefficient (Wildman–Crippen LogP) is 5.19. The molecule has 118 valence electrons. The monoisotopic (exact) mass is 343 g/mol. The molecule has 0 bridgehead atoms. The SMILES string of the molecule is CCOc1ccc(C(C)=O)cc1CSc1nc2ccccc2s1. The second-order valence-electron chi connectivity index (χ2n) is 5.05. The summed E-state index contributed by atoms with van der Waals surface area (Å²) in [7, 11) is 0. The molecule has 2 aromatic carbocycles. The van der Waals surface area contributed by atoms with E-state index in [1.165, 1.54) is 4.70 Å². The number of thioether (sulfide) groups is 1. The molecule has 0 unspecified atom stereocenters. The third-order valence-electron chi connectivity index (χ3n) is 3.39. The predicted molar refractivity (Wildman–Crippen MR) is 96.8 cm³/mol. The van der Waals surface area contributed by atoms with Crippen molar-refractivity contribution in [2.24, 2.45) is 0 Å². The molecule has 1 aromatic heterocycles. The number of aromatic nitrogens is 1. The van der Waals surface area contributed by atoms with Gasteiger partial charge in [0.25, 0.3) is 0 Å². The Bertz CT molecular complexity index is 809. The summed E-state index contributed by atoms with van der Waals surface area (Å²) in [6.07, 6.45) is 0. The number of ether oxygens (including phenoxy) is 1. The number of benzene rings is 2. The standard InChI is InChI=1S/C18H17NO2S2/c1-3-21-16-9-8-13(12(2)20)10-14(16)11-22-18-19-15-6-4-5-7-17(15)23-18/h4-10H,3,11H2,1-2H3. The fourth-order valence-corrected chi connectivity index (χ4v) is 4.31. The van der Waals surface area contributed by atoms with Crippen molar-refractivity contribution in [1.82, 2.24) is 4.98 Å². The van der Waals surface area contributed by atoms with E-state index >= 15 is 0 Å². The van der Waals surface area contributed by atoms with Crippen LogP contribution in [0.5, 0.6) is 5.75 Å². The van der Waals surface area contributed by atoms with Gasteiger partial charge in [0.15, 0.2) is 10.1 Å². The van der Waals surface area contributed by atoms with Gasteiger partial charge in [0, 0.05) is 16.9 Å². The van der Waals surface area contributed by atoms with Crippen molar-refractivity contribution in [2.45, 2.75) is 23.9 Å². The highest BCUT2D eigenvalue weighted by molar-refractivity contribution is 8.00. The number of hydrogen-bond donors (Lipinski definition) is 0. The van der Waals surface area contributed by atoms with Crippen LogP contribution >= 0.6 is 23.1 Å². The van der Waals surface area contributed by atoms with Crippen molar-refractivity contribution in [3.05, 3.63) is 53.6 Å². The number of ketones is 1.